The number of nitrogens with zero attached hydrogens (tertiary/aromatic N) is 2. The van der Waals surface area contributed by atoms with E-state index in [-0.39, 0.29) is 11.9 Å². The van der Waals surface area contributed by atoms with Crippen molar-refractivity contribution in [2.75, 3.05) is 6.54 Å². The molecule has 70 valence electrons. The predicted octanol–water partition coefficient (Wildman–Crippen LogP) is 1.60. The van der Waals surface area contributed by atoms with Crippen molar-refractivity contribution in [1.82, 2.24) is 15.1 Å². The van der Waals surface area contributed by atoms with Crippen molar-refractivity contribution in [3.63, 3.8) is 0 Å². The van der Waals surface area contributed by atoms with Gasteiger partial charge in [-0.25, -0.2) is 0 Å². The SMILES string of the molecule is C[C@@H]1CNC(=O)c2c(Cl)c(Br)nn21. The van der Waals surface area contributed by atoms with E-state index in [9.17, 15) is 4.79 Å². The second kappa shape index (κ2) is 2.99. The zero-order valence-electron chi connectivity index (χ0n) is 6.84. The van der Waals surface area contributed by atoms with Gasteiger partial charge in [0.2, 0.25) is 0 Å². The zero-order valence-corrected chi connectivity index (χ0v) is 9.18. The highest BCUT2D eigenvalue weighted by atomic mass is 79.9. The smallest absolute Gasteiger partial charge is 0.271 e. The monoisotopic (exact) mass is 263 g/mol. The van der Waals surface area contributed by atoms with Crippen LogP contribution in [0.5, 0.6) is 0 Å². The summed E-state index contributed by atoms with van der Waals surface area (Å²) in [5.74, 6) is -0.165. The van der Waals surface area contributed by atoms with Crippen LogP contribution in [0.15, 0.2) is 4.60 Å². The molecule has 0 saturated heterocycles. The third-order valence-corrected chi connectivity index (χ3v) is 3.15. The molecule has 2 rings (SSSR count). The van der Waals surface area contributed by atoms with Gasteiger partial charge in [0.25, 0.3) is 5.91 Å². The van der Waals surface area contributed by atoms with Crippen molar-refractivity contribution < 1.29 is 4.79 Å². The molecule has 1 aliphatic heterocycles. The van der Waals surface area contributed by atoms with Gasteiger partial charge in [0, 0.05) is 6.54 Å². The summed E-state index contributed by atoms with van der Waals surface area (Å²) >= 11 is 9.08. The van der Waals surface area contributed by atoms with Crippen molar-refractivity contribution in [2.45, 2.75) is 13.0 Å². The van der Waals surface area contributed by atoms with Crippen LogP contribution in [0.4, 0.5) is 0 Å². The first-order valence-corrected chi connectivity index (χ1v) is 5.00. The highest BCUT2D eigenvalue weighted by Crippen LogP contribution is 2.29. The van der Waals surface area contributed by atoms with E-state index in [4.69, 9.17) is 11.6 Å². The number of halogens is 2. The van der Waals surface area contributed by atoms with Gasteiger partial charge < -0.3 is 5.32 Å². The van der Waals surface area contributed by atoms with E-state index in [1.807, 2.05) is 6.92 Å². The number of nitrogens with one attached hydrogen (secondary N) is 1. The van der Waals surface area contributed by atoms with E-state index >= 15 is 0 Å². The maximum atomic E-state index is 11.4. The van der Waals surface area contributed by atoms with Crippen LogP contribution in [-0.4, -0.2) is 22.2 Å². The Labute approximate surface area is 88.4 Å². The van der Waals surface area contributed by atoms with Gasteiger partial charge in [0.15, 0.2) is 0 Å². The van der Waals surface area contributed by atoms with Gasteiger partial charge in [-0.05, 0) is 22.9 Å². The number of rotatable bonds is 0. The lowest BCUT2D eigenvalue weighted by Gasteiger charge is -2.21. The van der Waals surface area contributed by atoms with E-state index in [0.717, 1.165) is 0 Å². The van der Waals surface area contributed by atoms with Crippen molar-refractivity contribution in [1.29, 1.82) is 0 Å². The van der Waals surface area contributed by atoms with Crippen LogP contribution in [0.3, 0.4) is 0 Å². The van der Waals surface area contributed by atoms with Crippen LogP contribution < -0.4 is 5.32 Å². The average Bonchev–Trinajstić information content (AvgIpc) is 2.38. The largest absolute Gasteiger partial charge is 0.349 e. The Bertz CT molecular complexity index is 376. The highest BCUT2D eigenvalue weighted by Gasteiger charge is 2.27. The molecule has 4 nitrogen and oxygen atoms in total. The second-order valence-corrected chi connectivity index (χ2v) is 4.09. The number of carbonyl (C=O) groups excluding carboxylic acids is 1. The van der Waals surface area contributed by atoms with Crippen LogP contribution in [0.1, 0.15) is 23.5 Å². The van der Waals surface area contributed by atoms with Crippen molar-refractivity contribution in [2.24, 2.45) is 0 Å². The summed E-state index contributed by atoms with van der Waals surface area (Å²) < 4.78 is 2.17. The van der Waals surface area contributed by atoms with Crippen molar-refractivity contribution >= 4 is 33.4 Å². The fraction of sp³-hybridized carbons (Fsp3) is 0.429. The molecule has 2 heterocycles. The van der Waals surface area contributed by atoms with Gasteiger partial charge in [0.05, 0.1) is 6.04 Å². The number of hydrogen-bond donors (Lipinski definition) is 1. The summed E-state index contributed by atoms with van der Waals surface area (Å²) in [6, 6.07) is 0.150. The minimum Gasteiger partial charge on any atom is -0.349 e. The number of carbonyl (C=O) groups is 1. The van der Waals surface area contributed by atoms with E-state index in [0.29, 0.717) is 21.9 Å². The van der Waals surface area contributed by atoms with Crippen LogP contribution in [0.2, 0.25) is 5.02 Å². The van der Waals surface area contributed by atoms with Gasteiger partial charge >= 0.3 is 0 Å². The lowest BCUT2D eigenvalue weighted by atomic mass is 10.2. The Kier molecular flexibility index (Phi) is 2.08. The molecule has 0 aromatic carbocycles. The first-order chi connectivity index (χ1) is 6.11. The fourth-order valence-electron chi connectivity index (χ4n) is 1.32. The predicted molar refractivity (Wildman–Crippen MR) is 52.0 cm³/mol. The Morgan fingerprint density at radius 1 is 1.77 bits per heavy atom. The van der Waals surface area contributed by atoms with Crippen molar-refractivity contribution in [3.8, 4) is 0 Å². The molecular formula is C7H7BrClN3O. The number of hydrogen-bond acceptors (Lipinski definition) is 2. The normalized spacial score (nSPS) is 21.2. The number of amides is 1. The van der Waals surface area contributed by atoms with Gasteiger partial charge in [0.1, 0.15) is 15.3 Å². The third kappa shape index (κ3) is 1.26. The molecule has 0 bridgehead atoms. The molecule has 13 heavy (non-hydrogen) atoms. The summed E-state index contributed by atoms with van der Waals surface area (Å²) in [6.07, 6.45) is 0. The number of aromatic nitrogens is 2. The van der Waals surface area contributed by atoms with Gasteiger partial charge in [-0.15, -0.1) is 0 Å². The Hall–Kier alpha value is -0.550. The van der Waals surface area contributed by atoms with Crippen LogP contribution >= 0.6 is 27.5 Å². The molecular weight excluding hydrogens is 257 g/mol. The molecule has 0 unspecified atom stereocenters. The topological polar surface area (TPSA) is 46.9 Å². The van der Waals surface area contributed by atoms with Crippen LogP contribution in [0, 0.1) is 0 Å². The average molecular weight is 265 g/mol. The van der Waals surface area contributed by atoms with Gasteiger partial charge in [-0.3, -0.25) is 9.48 Å². The molecule has 0 radical (unpaired) electrons. The molecule has 1 atom stereocenters. The third-order valence-electron chi connectivity index (χ3n) is 2.00. The molecule has 1 amide bonds. The Balaban J connectivity index is 2.63. The van der Waals surface area contributed by atoms with E-state index < -0.39 is 0 Å². The summed E-state index contributed by atoms with van der Waals surface area (Å²) in [5, 5.41) is 7.24. The second-order valence-electron chi connectivity index (χ2n) is 2.96. The first kappa shape index (κ1) is 9.02. The zero-order chi connectivity index (χ0) is 9.59. The van der Waals surface area contributed by atoms with Gasteiger partial charge in [-0.1, -0.05) is 11.6 Å². The Morgan fingerprint density at radius 3 is 3.08 bits per heavy atom. The molecule has 1 aliphatic rings. The maximum absolute atomic E-state index is 11.4. The molecule has 1 aromatic rings. The summed E-state index contributed by atoms with van der Waals surface area (Å²) in [4.78, 5) is 11.4. The Morgan fingerprint density at radius 2 is 2.46 bits per heavy atom. The lowest BCUT2D eigenvalue weighted by molar-refractivity contribution is 0.0913. The van der Waals surface area contributed by atoms with Crippen LogP contribution in [-0.2, 0) is 0 Å². The standard InChI is InChI=1S/C7H7BrClN3O/c1-3-2-10-7(13)5-4(9)6(8)11-12(3)5/h3H,2H2,1H3,(H,10,13)/t3-/m1/s1. The number of fused-ring (bicyclic) bond motifs is 1. The highest BCUT2D eigenvalue weighted by molar-refractivity contribution is 9.10. The quantitative estimate of drug-likeness (QED) is 0.774. The first-order valence-electron chi connectivity index (χ1n) is 3.83. The van der Waals surface area contributed by atoms with E-state index in [1.54, 1.807) is 4.68 Å². The van der Waals surface area contributed by atoms with Gasteiger partial charge in [-0.2, -0.15) is 5.10 Å². The summed E-state index contributed by atoms with van der Waals surface area (Å²) in [5.41, 5.74) is 0.437. The molecule has 0 aliphatic carbocycles. The van der Waals surface area contributed by atoms with Crippen molar-refractivity contribution in [3.05, 3.63) is 15.3 Å². The minimum absolute atomic E-state index is 0.150. The molecule has 1 N–H and O–H groups in total. The van der Waals surface area contributed by atoms with E-state index in [2.05, 4.69) is 26.3 Å². The van der Waals surface area contributed by atoms with E-state index in [1.165, 1.54) is 0 Å². The minimum atomic E-state index is -0.165. The molecule has 0 spiro atoms. The molecule has 0 fully saturated rings. The maximum Gasteiger partial charge on any atom is 0.271 e. The fourth-order valence-corrected chi connectivity index (χ4v) is 1.89. The van der Waals surface area contributed by atoms with Crippen LogP contribution in [0.25, 0.3) is 0 Å². The lowest BCUT2D eigenvalue weighted by Crippen LogP contribution is -2.38. The summed E-state index contributed by atoms with van der Waals surface area (Å²) in [7, 11) is 0. The molecule has 6 heteroatoms. The molecule has 1 aromatic heterocycles. The summed E-state index contributed by atoms with van der Waals surface area (Å²) in [6.45, 7) is 2.56. The molecule has 0 saturated carbocycles.